The molecule has 0 amide bonds. The maximum atomic E-state index is 12.0. The molecule has 29 heavy (non-hydrogen) atoms. The van der Waals surface area contributed by atoms with Gasteiger partial charge in [0.1, 0.15) is 0 Å². The third kappa shape index (κ3) is 2.65. The Kier molecular flexibility index (Phi) is 4.82. The minimum atomic E-state index is -0.549. The molecule has 2 aliphatic heterocycles. The minimum absolute atomic E-state index is 0.0792. The van der Waals surface area contributed by atoms with Crippen LogP contribution in [0.2, 0.25) is 0 Å². The molecule has 6 nitrogen and oxygen atoms in total. The highest BCUT2D eigenvalue weighted by Crippen LogP contribution is 2.70. The van der Waals surface area contributed by atoms with Crippen molar-refractivity contribution < 1.29 is 28.5 Å². The number of methoxy groups -OCH3 is 1. The van der Waals surface area contributed by atoms with E-state index in [1.807, 2.05) is 0 Å². The average molecular weight is 409 g/mol. The fourth-order valence-corrected chi connectivity index (χ4v) is 8.06. The maximum absolute atomic E-state index is 12.0. The largest absolute Gasteiger partial charge is 0.469 e. The second-order valence-electron chi connectivity index (χ2n) is 10.3. The number of carbonyl (C=O) groups excluding carboxylic acids is 1. The molecule has 0 N–H and O–H groups in total. The predicted molar refractivity (Wildman–Crippen MR) is 105 cm³/mol. The molecule has 2 saturated heterocycles. The molecule has 3 saturated carbocycles. The van der Waals surface area contributed by atoms with Gasteiger partial charge in [0.05, 0.1) is 33.5 Å². The molecule has 0 aromatic rings. The molecule has 6 heteroatoms. The molecule has 5 aliphatic rings. The van der Waals surface area contributed by atoms with Crippen LogP contribution in [-0.4, -0.2) is 51.1 Å². The van der Waals surface area contributed by atoms with Gasteiger partial charge in [-0.05, 0) is 49.9 Å². The van der Waals surface area contributed by atoms with Crippen molar-refractivity contribution in [2.75, 3.05) is 33.5 Å². The van der Waals surface area contributed by atoms with E-state index in [4.69, 9.17) is 23.7 Å². The van der Waals surface area contributed by atoms with E-state index in [0.717, 1.165) is 51.7 Å². The Morgan fingerprint density at radius 3 is 2.10 bits per heavy atom. The summed E-state index contributed by atoms with van der Waals surface area (Å²) in [5.41, 5.74) is -0.106. The summed E-state index contributed by atoms with van der Waals surface area (Å²) in [7, 11) is 1.47. The Labute approximate surface area is 173 Å². The van der Waals surface area contributed by atoms with E-state index in [1.54, 1.807) is 0 Å². The van der Waals surface area contributed by atoms with Gasteiger partial charge >= 0.3 is 5.97 Å². The molecule has 5 fully saturated rings. The molecular formula is C23H36O6. The molecular weight excluding hydrogens is 372 g/mol. The Morgan fingerprint density at radius 1 is 0.862 bits per heavy atom. The van der Waals surface area contributed by atoms with Crippen LogP contribution in [-0.2, 0) is 28.5 Å². The summed E-state index contributed by atoms with van der Waals surface area (Å²) in [5.74, 6) is 0.605. The molecule has 0 radical (unpaired) electrons. The van der Waals surface area contributed by atoms with Gasteiger partial charge in [0, 0.05) is 30.1 Å². The van der Waals surface area contributed by atoms with Crippen LogP contribution in [0.25, 0.3) is 0 Å². The Morgan fingerprint density at radius 2 is 1.45 bits per heavy atom. The smallest absolute Gasteiger partial charge is 0.305 e. The van der Waals surface area contributed by atoms with Gasteiger partial charge < -0.3 is 23.7 Å². The molecule has 5 rings (SSSR count). The Bertz CT molecular complexity index is 652. The van der Waals surface area contributed by atoms with Gasteiger partial charge in [-0.15, -0.1) is 0 Å². The number of carbonyl (C=O) groups is 1. The molecule has 5 unspecified atom stereocenters. The number of esters is 1. The second-order valence-corrected chi connectivity index (χ2v) is 10.3. The third-order valence-electron chi connectivity index (χ3n) is 9.56. The summed E-state index contributed by atoms with van der Waals surface area (Å²) < 4.78 is 30.1. The quantitative estimate of drug-likeness (QED) is 0.664. The van der Waals surface area contributed by atoms with Crippen LogP contribution in [0.3, 0.4) is 0 Å². The van der Waals surface area contributed by atoms with Crippen molar-refractivity contribution in [3.8, 4) is 0 Å². The first-order valence-electron chi connectivity index (χ1n) is 11.5. The highest BCUT2D eigenvalue weighted by molar-refractivity contribution is 5.69. The summed E-state index contributed by atoms with van der Waals surface area (Å²) in [5, 5.41) is 0. The molecule has 3 aliphatic carbocycles. The van der Waals surface area contributed by atoms with Crippen LogP contribution in [0.5, 0.6) is 0 Å². The second kappa shape index (κ2) is 6.91. The van der Waals surface area contributed by atoms with Crippen molar-refractivity contribution in [2.24, 2.45) is 28.6 Å². The standard InChI is InChI=1S/C23H36O6/c1-20-8-5-17-16(18(20)6-11-23(20)28-14-15-29-23)4-10-22(26-12-13-27-22)21(17,2)9-7-19(24)25-3/h16-18H,4-15H2,1-3H3. The summed E-state index contributed by atoms with van der Waals surface area (Å²) >= 11 is 0. The van der Waals surface area contributed by atoms with Gasteiger partial charge in [0.25, 0.3) is 0 Å². The lowest BCUT2D eigenvalue weighted by Crippen LogP contribution is -2.62. The SMILES string of the molecule is COC(=O)CCC1(C)C2CCC3(C)C(CCC34OCCO4)C2CCC12OCCO2. The fraction of sp³-hybridized carbons (Fsp3) is 0.957. The molecule has 0 aromatic heterocycles. The first kappa shape index (κ1) is 20.2. The Hall–Kier alpha value is -0.690. The topological polar surface area (TPSA) is 63.2 Å². The highest BCUT2D eigenvalue weighted by Gasteiger charge is 2.70. The van der Waals surface area contributed by atoms with Gasteiger partial charge in [-0.2, -0.15) is 0 Å². The summed E-state index contributed by atoms with van der Waals surface area (Å²) in [6, 6.07) is 0. The van der Waals surface area contributed by atoms with Gasteiger partial charge in [0.15, 0.2) is 11.6 Å². The first-order chi connectivity index (χ1) is 13.9. The summed E-state index contributed by atoms with van der Waals surface area (Å²) in [6.07, 6.45) is 7.59. The van der Waals surface area contributed by atoms with Gasteiger partial charge in [-0.25, -0.2) is 0 Å². The molecule has 0 bridgehead atoms. The maximum Gasteiger partial charge on any atom is 0.305 e. The summed E-state index contributed by atoms with van der Waals surface area (Å²) in [6.45, 7) is 7.46. The van der Waals surface area contributed by atoms with E-state index in [-0.39, 0.29) is 22.6 Å². The van der Waals surface area contributed by atoms with Gasteiger partial charge in [-0.1, -0.05) is 13.8 Å². The average Bonchev–Trinajstić information content (AvgIpc) is 3.45. The van der Waals surface area contributed by atoms with Crippen molar-refractivity contribution in [1.29, 1.82) is 0 Å². The lowest BCUT2D eigenvalue weighted by Gasteiger charge is -2.61. The normalized spacial score (nSPS) is 44.7. The fourth-order valence-electron chi connectivity index (χ4n) is 8.06. The Balaban J connectivity index is 1.46. The number of rotatable bonds is 3. The van der Waals surface area contributed by atoms with Crippen molar-refractivity contribution >= 4 is 5.97 Å². The lowest BCUT2D eigenvalue weighted by atomic mass is 9.47. The van der Waals surface area contributed by atoms with E-state index in [2.05, 4.69) is 13.8 Å². The van der Waals surface area contributed by atoms with E-state index < -0.39 is 5.79 Å². The number of hydrogen-bond donors (Lipinski definition) is 0. The zero-order valence-corrected chi connectivity index (χ0v) is 18.2. The van der Waals surface area contributed by atoms with Crippen LogP contribution in [0.15, 0.2) is 0 Å². The van der Waals surface area contributed by atoms with Crippen LogP contribution in [0.1, 0.15) is 65.2 Å². The van der Waals surface area contributed by atoms with E-state index >= 15 is 0 Å². The molecule has 5 atom stereocenters. The van der Waals surface area contributed by atoms with Crippen molar-refractivity contribution in [3.63, 3.8) is 0 Å². The zero-order chi connectivity index (χ0) is 20.3. The number of hydrogen-bond acceptors (Lipinski definition) is 6. The number of fused-ring (bicyclic) bond motifs is 4. The first-order valence-corrected chi connectivity index (χ1v) is 11.5. The van der Waals surface area contributed by atoms with Crippen LogP contribution >= 0.6 is 0 Å². The zero-order valence-electron chi connectivity index (χ0n) is 18.2. The molecule has 2 spiro atoms. The van der Waals surface area contributed by atoms with E-state index in [1.165, 1.54) is 13.5 Å². The third-order valence-corrected chi connectivity index (χ3v) is 9.56. The minimum Gasteiger partial charge on any atom is -0.469 e. The lowest BCUT2D eigenvalue weighted by molar-refractivity contribution is -0.302. The van der Waals surface area contributed by atoms with E-state index in [9.17, 15) is 4.79 Å². The molecule has 164 valence electrons. The van der Waals surface area contributed by atoms with E-state index in [0.29, 0.717) is 37.4 Å². The van der Waals surface area contributed by atoms with Crippen LogP contribution in [0.4, 0.5) is 0 Å². The molecule has 2 heterocycles. The van der Waals surface area contributed by atoms with Crippen LogP contribution in [0, 0.1) is 28.6 Å². The van der Waals surface area contributed by atoms with Crippen LogP contribution < -0.4 is 0 Å². The van der Waals surface area contributed by atoms with Crippen molar-refractivity contribution in [1.82, 2.24) is 0 Å². The van der Waals surface area contributed by atoms with Crippen molar-refractivity contribution in [3.05, 3.63) is 0 Å². The summed E-state index contributed by atoms with van der Waals surface area (Å²) in [4.78, 5) is 12.0. The predicted octanol–water partition coefficient (Wildman–Crippen LogP) is 3.67. The molecule has 0 aromatic carbocycles. The van der Waals surface area contributed by atoms with Gasteiger partial charge in [0.2, 0.25) is 0 Å². The highest BCUT2D eigenvalue weighted by atomic mass is 16.7. The number of ether oxygens (including phenoxy) is 5. The van der Waals surface area contributed by atoms with Crippen molar-refractivity contribution in [2.45, 2.75) is 76.8 Å². The van der Waals surface area contributed by atoms with Gasteiger partial charge in [-0.3, -0.25) is 4.79 Å². The monoisotopic (exact) mass is 408 g/mol.